The van der Waals surface area contributed by atoms with E-state index < -0.39 is 6.05 Å². The average molecular weight is 290 g/mol. The van der Waals surface area contributed by atoms with Crippen LogP contribution in [-0.2, 0) is 9.53 Å². The normalized spacial score (nSPS) is 10.7. The molecule has 0 N–H and O–H groups in total. The van der Waals surface area contributed by atoms with Gasteiger partial charge in [-0.3, -0.25) is 0 Å². The Labute approximate surface area is 117 Å². The Balaban J connectivity index is 3.11. The summed E-state index contributed by atoms with van der Waals surface area (Å²) in [6, 6.07) is -1.46. The molecule has 0 aromatic heterocycles. The number of halogens is 2. The fraction of sp³-hybridized carbons (Fsp3) is 0.786. The van der Waals surface area contributed by atoms with Crippen LogP contribution in [0.25, 0.3) is 0 Å². The van der Waals surface area contributed by atoms with Crippen LogP contribution >= 0.6 is 0 Å². The fourth-order valence-electron chi connectivity index (χ4n) is 1.61. The van der Waals surface area contributed by atoms with Crippen molar-refractivity contribution >= 4 is 15.5 Å². The summed E-state index contributed by atoms with van der Waals surface area (Å²) in [6.45, 7) is 5.60. The van der Waals surface area contributed by atoms with E-state index in [2.05, 4.69) is 6.58 Å². The van der Waals surface area contributed by atoms with Gasteiger partial charge in [0.25, 0.3) is 0 Å². The Bertz CT molecular complexity index is 258. The zero-order chi connectivity index (χ0) is 14.5. The van der Waals surface area contributed by atoms with Crippen LogP contribution in [0.5, 0.6) is 0 Å². The van der Waals surface area contributed by atoms with Crippen LogP contribution in [0.1, 0.15) is 51.9 Å². The van der Waals surface area contributed by atoms with E-state index in [9.17, 15) is 13.6 Å². The lowest BCUT2D eigenvalue weighted by Crippen LogP contribution is -2.06. The summed E-state index contributed by atoms with van der Waals surface area (Å²) in [5.74, 6) is -0.320. The second-order valence-electron chi connectivity index (χ2n) is 4.65. The zero-order valence-electron chi connectivity index (χ0n) is 11.7. The maximum absolute atomic E-state index is 11.9. The number of carbonyl (C=O) groups is 1. The van der Waals surface area contributed by atoms with Gasteiger partial charge in [-0.05, 0) is 13.3 Å². The topological polar surface area (TPSA) is 26.3 Å². The highest BCUT2D eigenvalue weighted by Gasteiger charge is 2.03. The highest BCUT2D eigenvalue weighted by atomic mass is 28.2. The Morgan fingerprint density at radius 3 is 2.16 bits per heavy atom. The van der Waals surface area contributed by atoms with E-state index in [0.29, 0.717) is 18.2 Å². The minimum atomic E-state index is -2.12. The lowest BCUT2D eigenvalue weighted by Gasteiger charge is -2.04. The van der Waals surface area contributed by atoms with Crippen LogP contribution in [-0.4, -0.2) is 28.1 Å². The second-order valence-corrected chi connectivity index (χ2v) is 5.99. The Morgan fingerprint density at radius 2 is 1.63 bits per heavy atom. The molecule has 110 valence electrons. The molecule has 2 nitrogen and oxygen atoms in total. The molecule has 0 atom stereocenters. The van der Waals surface area contributed by atoms with Crippen molar-refractivity contribution in [1.29, 1.82) is 0 Å². The Morgan fingerprint density at radius 1 is 1.11 bits per heavy atom. The summed E-state index contributed by atoms with van der Waals surface area (Å²) in [5.41, 5.74) is 0.435. The van der Waals surface area contributed by atoms with Crippen molar-refractivity contribution in [2.45, 2.75) is 64.0 Å². The smallest absolute Gasteiger partial charge is 0.333 e. The first-order valence-corrected chi connectivity index (χ1v) is 8.16. The number of carbonyl (C=O) groups excluding carboxylic acids is 1. The number of ether oxygens (including phenoxy) is 1. The predicted octanol–water partition coefficient (Wildman–Crippen LogP) is 4.18. The minimum absolute atomic E-state index is 0.193. The summed E-state index contributed by atoms with van der Waals surface area (Å²) < 4.78 is 28.7. The summed E-state index contributed by atoms with van der Waals surface area (Å²) in [5, 5.41) is 0. The SMILES string of the molecule is C=C(C)C(=O)OCCCCCCCCC[Si]C(F)F. The monoisotopic (exact) mass is 290 g/mol. The molecule has 0 saturated heterocycles. The standard InChI is InChI=1S/C14H24F2O2Si/c1-12(2)13(17)18-10-8-6-4-3-5-7-9-11-19-14(15)16/h14H,1,3-11H2,2H3. The van der Waals surface area contributed by atoms with Crippen molar-refractivity contribution < 1.29 is 18.3 Å². The molecule has 0 aromatic rings. The van der Waals surface area contributed by atoms with E-state index in [1.165, 1.54) is 0 Å². The molecule has 5 heteroatoms. The maximum atomic E-state index is 11.9. The minimum Gasteiger partial charge on any atom is -0.462 e. The molecule has 0 aliphatic heterocycles. The molecule has 0 aromatic carbocycles. The molecule has 0 amide bonds. The van der Waals surface area contributed by atoms with Gasteiger partial charge in [-0.1, -0.05) is 51.1 Å². The number of alkyl halides is 2. The zero-order valence-corrected chi connectivity index (χ0v) is 12.7. The van der Waals surface area contributed by atoms with Gasteiger partial charge >= 0.3 is 5.97 Å². The molecule has 19 heavy (non-hydrogen) atoms. The van der Waals surface area contributed by atoms with Crippen molar-refractivity contribution in [3.8, 4) is 0 Å². The van der Waals surface area contributed by atoms with E-state index in [0.717, 1.165) is 44.9 Å². The first kappa shape index (κ1) is 18.3. The van der Waals surface area contributed by atoms with Gasteiger partial charge < -0.3 is 4.74 Å². The van der Waals surface area contributed by atoms with E-state index >= 15 is 0 Å². The summed E-state index contributed by atoms with van der Waals surface area (Å²) >= 11 is 0. The molecule has 0 heterocycles. The van der Waals surface area contributed by atoms with Gasteiger partial charge in [-0.25, -0.2) is 13.6 Å². The molecule has 0 spiro atoms. The maximum Gasteiger partial charge on any atom is 0.333 e. The quantitative estimate of drug-likeness (QED) is 0.233. The van der Waals surface area contributed by atoms with Crippen molar-refractivity contribution in [2.75, 3.05) is 6.61 Å². The van der Waals surface area contributed by atoms with E-state index in [1.807, 2.05) is 0 Å². The lowest BCUT2D eigenvalue weighted by molar-refractivity contribution is -0.139. The molecule has 0 aliphatic carbocycles. The van der Waals surface area contributed by atoms with Crippen molar-refractivity contribution in [3.05, 3.63) is 12.2 Å². The van der Waals surface area contributed by atoms with Crippen LogP contribution in [0, 0.1) is 0 Å². The Hall–Kier alpha value is -0.713. The number of unbranched alkanes of at least 4 members (excludes halogenated alkanes) is 6. The van der Waals surface area contributed by atoms with Gasteiger partial charge in [0.1, 0.15) is 9.52 Å². The number of hydrogen-bond donors (Lipinski definition) is 0. The lowest BCUT2D eigenvalue weighted by atomic mass is 10.1. The van der Waals surface area contributed by atoms with E-state index in [4.69, 9.17) is 4.74 Å². The summed E-state index contributed by atoms with van der Waals surface area (Å²) in [7, 11) is -0.193. The van der Waals surface area contributed by atoms with Gasteiger partial charge in [0.05, 0.1) is 6.61 Å². The average Bonchev–Trinajstić information content (AvgIpc) is 2.35. The Kier molecular flexibility index (Phi) is 11.9. The molecule has 0 unspecified atom stereocenters. The fourth-order valence-corrected chi connectivity index (χ4v) is 2.28. The van der Waals surface area contributed by atoms with Gasteiger partial charge in [0.15, 0.2) is 0 Å². The number of esters is 1. The summed E-state index contributed by atoms with van der Waals surface area (Å²) in [6.07, 6.45) is 7.24. The van der Waals surface area contributed by atoms with Gasteiger partial charge in [-0.2, -0.15) is 0 Å². The van der Waals surface area contributed by atoms with Crippen LogP contribution in [0.15, 0.2) is 12.2 Å². The first-order chi connectivity index (χ1) is 9.04. The van der Waals surface area contributed by atoms with Crippen LogP contribution in [0.3, 0.4) is 0 Å². The molecule has 0 bridgehead atoms. The van der Waals surface area contributed by atoms with Gasteiger partial charge in [0.2, 0.25) is 6.05 Å². The van der Waals surface area contributed by atoms with Crippen molar-refractivity contribution in [2.24, 2.45) is 0 Å². The molecule has 0 aliphatic rings. The van der Waals surface area contributed by atoms with Gasteiger partial charge in [-0.15, -0.1) is 0 Å². The molecule has 0 saturated carbocycles. The first-order valence-electron chi connectivity index (χ1n) is 6.88. The van der Waals surface area contributed by atoms with E-state index in [1.54, 1.807) is 6.92 Å². The third kappa shape index (κ3) is 13.5. The van der Waals surface area contributed by atoms with Crippen molar-refractivity contribution in [1.82, 2.24) is 0 Å². The van der Waals surface area contributed by atoms with Crippen LogP contribution in [0.4, 0.5) is 8.78 Å². The molecule has 0 fully saturated rings. The number of hydrogen-bond acceptors (Lipinski definition) is 2. The molecular formula is C14H24F2O2Si. The number of rotatable bonds is 12. The van der Waals surface area contributed by atoms with Crippen LogP contribution < -0.4 is 0 Å². The third-order valence-corrected chi connectivity index (χ3v) is 3.65. The third-order valence-electron chi connectivity index (χ3n) is 2.70. The van der Waals surface area contributed by atoms with E-state index in [-0.39, 0.29) is 15.5 Å². The van der Waals surface area contributed by atoms with Crippen LogP contribution in [0.2, 0.25) is 6.04 Å². The molecular weight excluding hydrogens is 266 g/mol. The van der Waals surface area contributed by atoms with Gasteiger partial charge in [0, 0.05) is 5.57 Å². The largest absolute Gasteiger partial charge is 0.462 e. The highest BCUT2D eigenvalue weighted by Crippen LogP contribution is 2.09. The predicted molar refractivity (Wildman–Crippen MR) is 74.7 cm³/mol. The summed E-state index contributed by atoms with van der Waals surface area (Å²) in [4.78, 5) is 11.1. The second kappa shape index (κ2) is 12.3. The molecule has 2 radical (unpaired) electrons. The molecule has 0 rings (SSSR count). The highest BCUT2D eigenvalue weighted by molar-refractivity contribution is 6.36. The van der Waals surface area contributed by atoms with Crippen molar-refractivity contribution in [3.63, 3.8) is 0 Å².